The molecule has 0 aliphatic carbocycles. The van der Waals surface area contributed by atoms with E-state index >= 15 is 0 Å². The van der Waals surface area contributed by atoms with Crippen LogP contribution in [0.5, 0.6) is 0 Å². The van der Waals surface area contributed by atoms with Crippen molar-refractivity contribution in [2.75, 3.05) is 18.5 Å². The third-order valence-corrected chi connectivity index (χ3v) is 9.86. The number of carbonyl (C=O) groups excluding carboxylic acids is 3. The number of amides is 2. The van der Waals surface area contributed by atoms with Gasteiger partial charge in [0, 0.05) is 20.8 Å². The van der Waals surface area contributed by atoms with E-state index in [0.29, 0.717) is 17.1 Å². The minimum absolute atomic E-state index is 0.0221. The second-order valence-corrected chi connectivity index (χ2v) is 11.3. The monoisotopic (exact) mass is 530 g/mol. The lowest BCUT2D eigenvalue weighted by Crippen LogP contribution is -2.54. The Bertz CT molecular complexity index is 902. The number of ether oxygens (including phenoxy) is 1. The molecule has 0 saturated carbocycles. The minimum Gasteiger partial charge on any atom is -0.466 e. The van der Waals surface area contributed by atoms with Crippen LogP contribution in [0.25, 0.3) is 0 Å². The number of aliphatic hydroxyl groups excluding tert-OH is 1. The summed E-state index contributed by atoms with van der Waals surface area (Å²) >= 11 is 11.2. The minimum atomic E-state index is -0.822. The van der Waals surface area contributed by atoms with E-state index in [9.17, 15) is 19.5 Å². The molecule has 7 nitrogen and oxygen atoms in total. The van der Waals surface area contributed by atoms with Crippen LogP contribution in [0.2, 0.25) is 5.02 Å². The lowest BCUT2D eigenvalue weighted by atomic mass is 9.71. The summed E-state index contributed by atoms with van der Waals surface area (Å²) in [5, 5.41) is 13.1. The van der Waals surface area contributed by atoms with Crippen molar-refractivity contribution in [2.45, 2.75) is 47.2 Å². The number of nitrogens with zero attached hydrogens (tertiary/aromatic N) is 1. The van der Waals surface area contributed by atoms with Gasteiger partial charge in [0.2, 0.25) is 11.8 Å². The number of alkyl halides is 1. The first kappa shape index (κ1) is 22.9. The molecule has 7 atom stereocenters. The number of benzene rings is 1. The Labute approximate surface area is 198 Å². The van der Waals surface area contributed by atoms with E-state index in [1.54, 1.807) is 38.1 Å². The summed E-state index contributed by atoms with van der Waals surface area (Å²) in [6.07, 6.45) is 0.571. The molecule has 1 spiro atoms. The molecule has 1 aromatic carbocycles. The summed E-state index contributed by atoms with van der Waals surface area (Å²) in [7, 11) is 0. The van der Waals surface area contributed by atoms with E-state index in [2.05, 4.69) is 21.2 Å². The molecule has 3 aliphatic heterocycles. The summed E-state index contributed by atoms with van der Waals surface area (Å²) in [4.78, 5) is 41.4. The van der Waals surface area contributed by atoms with Crippen LogP contribution >= 0.6 is 39.3 Å². The molecule has 3 saturated heterocycles. The lowest BCUT2D eigenvalue weighted by molar-refractivity contribution is -0.154. The maximum absolute atomic E-state index is 13.6. The van der Waals surface area contributed by atoms with Crippen LogP contribution in [0.1, 0.15) is 20.3 Å². The predicted molar refractivity (Wildman–Crippen MR) is 122 cm³/mol. The van der Waals surface area contributed by atoms with E-state index in [1.165, 1.54) is 16.7 Å². The van der Waals surface area contributed by atoms with Crippen LogP contribution in [0.4, 0.5) is 5.69 Å². The number of likely N-dealkylation sites (tertiary alicyclic amines) is 1. The fourth-order valence-electron chi connectivity index (χ4n) is 5.18. The van der Waals surface area contributed by atoms with Gasteiger partial charge in [-0.3, -0.25) is 14.4 Å². The molecule has 2 amide bonds. The van der Waals surface area contributed by atoms with Gasteiger partial charge in [-0.2, -0.15) is 0 Å². The van der Waals surface area contributed by atoms with Crippen molar-refractivity contribution in [1.82, 2.24) is 4.90 Å². The summed E-state index contributed by atoms with van der Waals surface area (Å²) in [5.41, 5.74) is 0.563. The fraction of sp³-hybridized carbons (Fsp3) is 0.571. The Morgan fingerprint density at radius 2 is 2.10 bits per heavy atom. The molecule has 2 bridgehead atoms. The average molecular weight is 532 g/mol. The van der Waals surface area contributed by atoms with Gasteiger partial charge in [-0.1, -0.05) is 27.5 Å². The number of carbonyl (C=O) groups is 3. The molecule has 0 aromatic heterocycles. The normalized spacial score (nSPS) is 34.5. The number of aliphatic hydroxyl groups is 1. The van der Waals surface area contributed by atoms with Gasteiger partial charge in [-0.25, -0.2) is 0 Å². The fourth-order valence-corrected chi connectivity index (χ4v) is 8.89. The highest BCUT2D eigenvalue weighted by atomic mass is 79.9. The van der Waals surface area contributed by atoms with Gasteiger partial charge in [0.25, 0.3) is 0 Å². The van der Waals surface area contributed by atoms with Gasteiger partial charge in [-0.05, 0) is 44.5 Å². The molecule has 3 heterocycles. The molecule has 2 N–H and O–H groups in total. The first-order valence-electron chi connectivity index (χ1n) is 10.2. The molecule has 3 unspecified atom stereocenters. The Morgan fingerprint density at radius 3 is 2.71 bits per heavy atom. The van der Waals surface area contributed by atoms with Gasteiger partial charge >= 0.3 is 5.97 Å². The van der Waals surface area contributed by atoms with E-state index in [4.69, 9.17) is 16.3 Å². The van der Waals surface area contributed by atoms with Crippen molar-refractivity contribution in [1.29, 1.82) is 0 Å². The lowest BCUT2D eigenvalue weighted by Gasteiger charge is -2.36. The number of fused-ring (bicyclic) bond motifs is 1. The van der Waals surface area contributed by atoms with Gasteiger partial charge in [0.15, 0.2) is 0 Å². The molecular formula is C21H24BrClN2O5S. The first-order valence-corrected chi connectivity index (χ1v) is 12.4. The molecule has 4 rings (SSSR count). The highest BCUT2D eigenvalue weighted by Gasteiger charge is 2.76. The van der Waals surface area contributed by atoms with Crippen molar-refractivity contribution in [3.63, 3.8) is 0 Å². The number of halogens is 2. The van der Waals surface area contributed by atoms with E-state index < -0.39 is 34.6 Å². The van der Waals surface area contributed by atoms with Crippen LogP contribution in [-0.2, 0) is 19.1 Å². The third kappa shape index (κ3) is 3.57. The summed E-state index contributed by atoms with van der Waals surface area (Å²) in [5.74, 6) is -2.30. The van der Waals surface area contributed by atoms with Crippen LogP contribution < -0.4 is 5.32 Å². The van der Waals surface area contributed by atoms with E-state index in [-0.39, 0.29) is 35.1 Å². The molecular weight excluding hydrogens is 508 g/mol. The topological polar surface area (TPSA) is 95.9 Å². The van der Waals surface area contributed by atoms with E-state index in [0.717, 1.165) is 0 Å². The number of thioether (sulfide) groups is 1. The molecule has 168 valence electrons. The highest BCUT2D eigenvalue weighted by molar-refractivity contribution is 9.09. The van der Waals surface area contributed by atoms with Crippen molar-refractivity contribution in [3.05, 3.63) is 29.3 Å². The first-order chi connectivity index (χ1) is 14.7. The number of nitrogens with one attached hydrogen (secondary N) is 1. The van der Waals surface area contributed by atoms with Gasteiger partial charge in [0.05, 0.1) is 35.8 Å². The highest BCUT2D eigenvalue weighted by Crippen LogP contribution is 2.68. The van der Waals surface area contributed by atoms with Crippen LogP contribution in [0, 0.1) is 11.8 Å². The van der Waals surface area contributed by atoms with Gasteiger partial charge < -0.3 is 20.1 Å². The van der Waals surface area contributed by atoms with Gasteiger partial charge in [-0.15, -0.1) is 11.8 Å². The number of esters is 1. The number of anilines is 1. The predicted octanol–water partition coefficient (Wildman–Crippen LogP) is 2.69. The van der Waals surface area contributed by atoms with E-state index in [1.807, 2.05) is 0 Å². The third-order valence-electron chi connectivity index (χ3n) is 6.39. The molecule has 0 radical (unpaired) electrons. The van der Waals surface area contributed by atoms with Crippen molar-refractivity contribution in [2.24, 2.45) is 11.8 Å². The maximum Gasteiger partial charge on any atom is 0.310 e. The SMILES string of the molecule is CCOC(=O)[C@H]1[C@H]2C(=O)N([C@H](C)CO)C(C(=O)Nc3ccc(Cl)cc3)C23CC(Br)[C@@H]1S3. The Morgan fingerprint density at radius 1 is 1.42 bits per heavy atom. The maximum atomic E-state index is 13.6. The summed E-state index contributed by atoms with van der Waals surface area (Å²) < 4.78 is 4.53. The van der Waals surface area contributed by atoms with Crippen LogP contribution in [0.15, 0.2) is 24.3 Å². The molecule has 31 heavy (non-hydrogen) atoms. The number of rotatable bonds is 6. The average Bonchev–Trinajstić information content (AvgIpc) is 3.32. The Hall–Kier alpha value is -1.29. The number of hydrogen-bond acceptors (Lipinski definition) is 6. The molecule has 3 fully saturated rings. The standard InChI is InChI=1S/C21H24BrClN2O5S/c1-3-30-20(29)14-15-19(28)25(10(2)9-26)17(21(15)8-13(22)16(14)31-21)18(27)24-12-6-4-11(23)5-7-12/h4-7,10,13-17,26H,3,8-9H2,1-2H3,(H,24,27)/t10-,13?,14+,15+,16+,17?,21?/m1/s1. The largest absolute Gasteiger partial charge is 0.466 e. The Balaban J connectivity index is 1.73. The zero-order valence-electron chi connectivity index (χ0n) is 17.1. The molecule has 3 aliphatic rings. The van der Waals surface area contributed by atoms with Crippen molar-refractivity contribution in [3.8, 4) is 0 Å². The van der Waals surface area contributed by atoms with Gasteiger partial charge in [0.1, 0.15) is 6.04 Å². The Kier molecular flexibility index (Phi) is 6.33. The quantitative estimate of drug-likeness (QED) is 0.433. The molecule has 1 aromatic rings. The van der Waals surface area contributed by atoms with Crippen molar-refractivity contribution >= 4 is 62.8 Å². The number of hydrogen-bond donors (Lipinski definition) is 2. The zero-order chi connectivity index (χ0) is 22.5. The molecule has 10 heteroatoms. The van der Waals surface area contributed by atoms with Crippen molar-refractivity contribution < 1.29 is 24.2 Å². The van der Waals surface area contributed by atoms with Crippen LogP contribution in [0.3, 0.4) is 0 Å². The second kappa shape index (κ2) is 8.57. The second-order valence-electron chi connectivity index (χ2n) is 8.19. The smallest absolute Gasteiger partial charge is 0.310 e. The summed E-state index contributed by atoms with van der Waals surface area (Å²) in [6, 6.07) is 5.35. The zero-order valence-corrected chi connectivity index (χ0v) is 20.2. The van der Waals surface area contributed by atoms with Crippen LogP contribution in [-0.4, -0.2) is 67.9 Å². The summed E-state index contributed by atoms with van der Waals surface area (Å²) in [6.45, 7) is 3.39.